The first-order valence-electron chi connectivity index (χ1n) is 9.54. The van der Waals surface area contributed by atoms with Crippen LogP contribution in [0.4, 0.5) is 0 Å². The van der Waals surface area contributed by atoms with Gasteiger partial charge in [0, 0.05) is 6.54 Å². The van der Waals surface area contributed by atoms with Crippen LogP contribution in [-0.4, -0.2) is 81.1 Å². The van der Waals surface area contributed by atoms with E-state index in [1.165, 1.54) is 48.6 Å². The minimum Gasteiger partial charge on any atom is -0.507 e. The normalized spacial score (nSPS) is 23.0. The van der Waals surface area contributed by atoms with Gasteiger partial charge in [-0.05, 0) is 12.1 Å². The van der Waals surface area contributed by atoms with E-state index in [1.807, 2.05) is 0 Å². The summed E-state index contributed by atoms with van der Waals surface area (Å²) in [5.41, 5.74) is 0.343. The largest absolute Gasteiger partial charge is 0.507 e. The fraction of sp³-hybridized carbons (Fsp3) is 0.333. The van der Waals surface area contributed by atoms with Gasteiger partial charge >= 0.3 is 10.2 Å². The van der Waals surface area contributed by atoms with Gasteiger partial charge < -0.3 is 24.8 Å². The van der Waals surface area contributed by atoms with Gasteiger partial charge in [-0.3, -0.25) is 9.36 Å². The summed E-state index contributed by atoms with van der Waals surface area (Å²) < 4.78 is 40.5. The lowest BCUT2D eigenvalue weighted by Crippen LogP contribution is -2.45. The number of aliphatic hydroxyl groups excluding tert-OH is 2. The Morgan fingerprint density at radius 3 is 2.70 bits per heavy atom. The van der Waals surface area contributed by atoms with Gasteiger partial charge in [-0.25, -0.2) is 14.7 Å². The van der Waals surface area contributed by atoms with Crippen molar-refractivity contribution in [2.45, 2.75) is 24.5 Å². The van der Waals surface area contributed by atoms with E-state index in [-0.39, 0.29) is 17.1 Å². The molecule has 0 bridgehead atoms. The lowest BCUT2D eigenvalue weighted by Gasteiger charge is -2.16. The Balaban J connectivity index is 1.45. The summed E-state index contributed by atoms with van der Waals surface area (Å²) >= 11 is 0. The number of aromatic hydroxyl groups is 1. The number of hydrogen-bond donors (Lipinski definition) is 5. The smallest absolute Gasteiger partial charge is 0.301 e. The molecule has 1 aliphatic rings. The fourth-order valence-electron chi connectivity index (χ4n) is 3.36. The van der Waals surface area contributed by atoms with Crippen molar-refractivity contribution >= 4 is 27.3 Å². The molecule has 2 aromatic heterocycles. The molecular weight excluding hydrogens is 460 g/mol. The highest BCUT2D eigenvalue weighted by atomic mass is 32.2. The van der Waals surface area contributed by atoms with Crippen LogP contribution in [-0.2, 0) is 14.9 Å². The van der Waals surface area contributed by atoms with E-state index in [4.69, 9.17) is 9.47 Å². The molecular formula is C18H20N6O8S. The molecule has 0 aliphatic carbocycles. The third-order valence-electron chi connectivity index (χ3n) is 4.98. The van der Waals surface area contributed by atoms with Crippen molar-refractivity contribution in [1.29, 1.82) is 0 Å². The minimum absolute atomic E-state index is 0.205. The zero-order valence-electron chi connectivity index (χ0n) is 17.1. The number of phenolic OH excluding ortho intramolecular Hbond substituents is 1. The van der Waals surface area contributed by atoms with Crippen LogP contribution in [0.15, 0.2) is 36.9 Å². The molecule has 4 atom stereocenters. The first kappa shape index (κ1) is 22.8. The molecule has 1 unspecified atom stereocenters. The Morgan fingerprint density at radius 1 is 1.21 bits per heavy atom. The molecule has 0 radical (unpaired) electrons. The number of rotatable bonds is 7. The Hall–Kier alpha value is -3.37. The Labute approximate surface area is 187 Å². The third-order valence-corrected chi connectivity index (χ3v) is 5.98. The fourth-order valence-corrected chi connectivity index (χ4v) is 4.17. The Morgan fingerprint density at radius 2 is 1.97 bits per heavy atom. The second-order valence-corrected chi connectivity index (χ2v) is 8.55. The van der Waals surface area contributed by atoms with Crippen LogP contribution < -0.4 is 14.2 Å². The predicted octanol–water partition coefficient (Wildman–Crippen LogP) is -1.58. The van der Waals surface area contributed by atoms with Gasteiger partial charge in [-0.15, -0.1) is 0 Å². The predicted molar refractivity (Wildman–Crippen MR) is 110 cm³/mol. The van der Waals surface area contributed by atoms with Crippen molar-refractivity contribution in [2.24, 2.45) is 0 Å². The van der Waals surface area contributed by atoms with Crippen LogP contribution in [0.1, 0.15) is 16.6 Å². The second kappa shape index (κ2) is 8.87. The summed E-state index contributed by atoms with van der Waals surface area (Å²) in [4.78, 5) is 24.3. The van der Waals surface area contributed by atoms with Crippen molar-refractivity contribution in [3.05, 3.63) is 42.5 Å². The molecule has 3 aromatic rings. The third kappa shape index (κ3) is 4.44. The van der Waals surface area contributed by atoms with E-state index in [0.29, 0.717) is 5.52 Å². The molecule has 33 heavy (non-hydrogen) atoms. The van der Waals surface area contributed by atoms with Crippen LogP contribution in [0.25, 0.3) is 11.2 Å². The van der Waals surface area contributed by atoms with Crippen LogP contribution in [0.2, 0.25) is 0 Å². The summed E-state index contributed by atoms with van der Waals surface area (Å²) in [6.45, 7) is -0.469. The molecule has 5 N–H and O–H groups in total. The molecule has 4 rings (SSSR count). The van der Waals surface area contributed by atoms with E-state index in [1.54, 1.807) is 4.72 Å². The van der Waals surface area contributed by atoms with Crippen LogP contribution >= 0.6 is 0 Å². The summed E-state index contributed by atoms with van der Waals surface area (Å²) in [6.07, 6.45) is -2.64. The number of carbonyl (C=O) groups is 1. The monoisotopic (exact) mass is 480 g/mol. The molecule has 3 heterocycles. The van der Waals surface area contributed by atoms with E-state index >= 15 is 0 Å². The number of methoxy groups -OCH3 is 1. The zero-order valence-corrected chi connectivity index (χ0v) is 17.9. The van der Waals surface area contributed by atoms with Crippen molar-refractivity contribution < 1.29 is 38.0 Å². The number of hydrogen-bond acceptors (Lipinski definition) is 11. The number of fused-ring (bicyclic) bond motifs is 1. The maximum absolute atomic E-state index is 12.3. The van der Waals surface area contributed by atoms with Crippen molar-refractivity contribution in [1.82, 2.24) is 29.0 Å². The molecule has 15 heteroatoms. The SMILES string of the molecule is COc1ncnc2c1ncn2[C@@H]1OC(CNS(=O)(=O)NC(=O)c2ccccc2O)[C@@H](O)[C@H]1O. The van der Waals surface area contributed by atoms with Crippen LogP contribution in [0.3, 0.4) is 0 Å². The topological polar surface area (TPSA) is 198 Å². The molecule has 1 amide bonds. The maximum Gasteiger partial charge on any atom is 0.301 e. The van der Waals surface area contributed by atoms with Gasteiger partial charge in [0.2, 0.25) is 5.88 Å². The molecule has 1 saturated heterocycles. The van der Waals surface area contributed by atoms with E-state index in [2.05, 4.69) is 19.7 Å². The first-order valence-corrected chi connectivity index (χ1v) is 11.0. The zero-order chi connectivity index (χ0) is 23.8. The van der Waals surface area contributed by atoms with Crippen LogP contribution in [0.5, 0.6) is 11.6 Å². The second-order valence-electron chi connectivity index (χ2n) is 7.05. The van der Waals surface area contributed by atoms with Gasteiger partial charge in [-0.1, -0.05) is 12.1 Å². The van der Waals surface area contributed by atoms with Gasteiger partial charge in [0.05, 0.1) is 19.0 Å². The summed E-state index contributed by atoms with van der Waals surface area (Å²) in [6, 6.07) is 5.42. The van der Waals surface area contributed by atoms with Gasteiger partial charge in [0.15, 0.2) is 17.4 Å². The molecule has 0 saturated carbocycles. The van der Waals surface area contributed by atoms with Gasteiger partial charge in [0.1, 0.15) is 30.4 Å². The lowest BCUT2D eigenvalue weighted by molar-refractivity contribution is -0.0330. The van der Waals surface area contributed by atoms with E-state index in [9.17, 15) is 28.5 Å². The van der Waals surface area contributed by atoms with E-state index < -0.39 is 53.0 Å². The molecule has 0 spiro atoms. The standard InChI is InChI=1S/C18H20N6O8S/c1-31-17-12-15(19-7-20-17)24(8-21-12)18-14(27)13(26)11(32-18)6-22-33(29,30)23-16(28)9-4-2-3-5-10(9)25/h2-5,7-8,11,13-14,18,22,25-27H,6H2,1H3,(H,23,28)/t11?,13-,14-,18-/m1/s1. The molecule has 1 aliphatic heterocycles. The van der Waals surface area contributed by atoms with Crippen molar-refractivity contribution in [3.8, 4) is 11.6 Å². The van der Waals surface area contributed by atoms with Gasteiger partial charge in [-0.2, -0.15) is 18.1 Å². The number of carbonyl (C=O) groups excluding carboxylic acids is 1. The van der Waals surface area contributed by atoms with E-state index in [0.717, 1.165) is 0 Å². The Kier molecular flexibility index (Phi) is 6.13. The molecule has 14 nitrogen and oxygen atoms in total. The van der Waals surface area contributed by atoms with Gasteiger partial charge in [0.25, 0.3) is 5.91 Å². The maximum atomic E-state index is 12.3. The number of aliphatic hydroxyl groups is 2. The first-order chi connectivity index (χ1) is 15.7. The number of ether oxygens (including phenoxy) is 2. The highest BCUT2D eigenvalue weighted by Crippen LogP contribution is 2.32. The number of para-hydroxylation sites is 1. The lowest BCUT2D eigenvalue weighted by atomic mass is 10.1. The number of nitrogens with zero attached hydrogens (tertiary/aromatic N) is 4. The molecule has 1 fully saturated rings. The average molecular weight is 480 g/mol. The molecule has 1 aromatic carbocycles. The number of benzene rings is 1. The highest BCUT2D eigenvalue weighted by Gasteiger charge is 2.44. The summed E-state index contributed by atoms with van der Waals surface area (Å²) in [5.74, 6) is -1.24. The van der Waals surface area contributed by atoms with Crippen LogP contribution in [0, 0.1) is 0 Å². The molecule has 176 valence electrons. The number of imidazole rings is 1. The number of aromatic nitrogens is 4. The summed E-state index contributed by atoms with van der Waals surface area (Å²) in [7, 11) is -2.97. The quantitative estimate of drug-likeness (QED) is 0.262. The number of phenols is 1. The minimum atomic E-state index is -4.38. The van der Waals surface area contributed by atoms with Crippen molar-refractivity contribution in [3.63, 3.8) is 0 Å². The summed E-state index contributed by atoms with van der Waals surface area (Å²) in [5, 5.41) is 30.5. The number of amides is 1. The highest BCUT2D eigenvalue weighted by molar-refractivity contribution is 7.88. The van der Waals surface area contributed by atoms with Crippen molar-refractivity contribution in [2.75, 3.05) is 13.7 Å². The Bertz CT molecular complexity index is 1280. The number of nitrogens with one attached hydrogen (secondary N) is 2. The average Bonchev–Trinajstić information content (AvgIpc) is 3.33.